The minimum Gasteiger partial charge on any atom is -0.481 e. The summed E-state index contributed by atoms with van der Waals surface area (Å²) < 4.78 is 10.9. The highest BCUT2D eigenvalue weighted by molar-refractivity contribution is 5.67. The van der Waals surface area contributed by atoms with Gasteiger partial charge in [-0.1, -0.05) is 20.3 Å². The van der Waals surface area contributed by atoms with Crippen LogP contribution in [0.3, 0.4) is 0 Å². The molecular weight excluding hydrogens is 296 g/mol. The highest BCUT2D eigenvalue weighted by Crippen LogP contribution is 2.27. The Morgan fingerprint density at radius 3 is 2.41 bits per heavy atom. The van der Waals surface area contributed by atoms with Gasteiger partial charge in [0.1, 0.15) is 18.3 Å². The zero-order valence-electron chi connectivity index (χ0n) is 12.8. The first-order chi connectivity index (χ1) is 10.3. The highest BCUT2D eigenvalue weighted by Gasteiger charge is 2.44. The van der Waals surface area contributed by atoms with Crippen molar-refractivity contribution in [3.8, 4) is 0 Å². The topological polar surface area (TPSA) is 137 Å². The van der Waals surface area contributed by atoms with Gasteiger partial charge in [0, 0.05) is 6.42 Å². The monoisotopic (exact) mass is 322 g/mol. The summed E-state index contributed by atoms with van der Waals surface area (Å²) >= 11 is 0. The molecule has 130 valence electrons. The summed E-state index contributed by atoms with van der Waals surface area (Å²) in [7, 11) is 0. The molecule has 1 saturated heterocycles. The van der Waals surface area contributed by atoms with Crippen molar-refractivity contribution in [3.63, 3.8) is 0 Å². The lowest BCUT2D eigenvalue weighted by atomic mass is 9.95. The molecule has 0 spiro atoms. The molecule has 0 aliphatic carbocycles. The summed E-state index contributed by atoms with van der Waals surface area (Å²) in [6, 6.07) is 0. The zero-order valence-corrected chi connectivity index (χ0v) is 12.8. The molecule has 0 saturated carbocycles. The number of carbonyl (C=O) groups is 1. The Hall–Kier alpha value is -0.770. The maximum absolute atomic E-state index is 10.6. The second kappa shape index (κ2) is 8.76. The lowest BCUT2D eigenvalue weighted by Crippen LogP contribution is -2.38. The number of aliphatic carboxylic acids is 1. The summed E-state index contributed by atoms with van der Waals surface area (Å²) in [6.07, 6.45) is -5.82. The summed E-state index contributed by atoms with van der Waals surface area (Å²) in [4.78, 5) is 10.6. The van der Waals surface area contributed by atoms with Crippen LogP contribution in [0.25, 0.3) is 0 Å². The number of rotatable bonds is 9. The van der Waals surface area contributed by atoms with Crippen molar-refractivity contribution < 1.29 is 39.8 Å². The number of hydrogen-bond acceptors (Lipinski definition) is 7. The van der Waals surface area contributed by atoms with Gasteiger partial charge in [-0.05, 0) is 5.92 Å². The van der Waals surface area contributed by atoms with Gasteiger partial charge in [-0.15, -0.1) is 0 Å². The predicted molar refractivity (Wildman–Crippen MR) is 75.0 cm³/mol. The quantitative estimate of drug-likeness (QED) is 0.368. The van der Waals surface area contributed by atoms with Crippen LogP contribution in [-0.4, -0.2) is 74.9 Å². The van der Waals surface area contributed by atoms with E-state index in [0.29, 0.717) is 0 Å². The Morgan fingerprint density at radius 2 is 1.95 bits per heavy atom. The van der Waals surface area contributed by atoms with E-state index in [9.17, 15) is 20.1 Å². The zero-order chi connectivity index (χ0) is 16.9. The fraction of sp³-hybridized carbons (Fsp3) is 0.929. The Bertz CT molecular complexity index is 350. The van der Waals surface area contributed by atoms with Crippen molar-refractivity contribution in [1.29, 1.82) is 0 Å². The molecule has 1 aliphatic heterocycles. The predicted octanol–water partition coefficient (Wildman–Crippen LogP) is -0.918. The van der Waals surface area contributed by atoms with Crippen LogP contribution in [0.4, 0.5) is 0 Å². The molecule has 22 heavy (non-hydrogen) atoms. The van der Waals surface area contributed by atoms with Crippen molar-refractivity contribution in [2.45, 2.75) is 69.9 Å². The van der Waals surface area contributed by atoms with E-state index in [2.05, 4.69) is 0 Å². The van der Waals surface area contributed by atoms with Crippen LogP contribution in [0.2, 0.25) is 0 Å². The average molecular weight is 322 g/mol. The van der Waals surface area contributed by atoms with Crippen molar-refractivity contribution in [2.24, 2.45) is 5.92 Å². The van der Waals surface area contributed by atoms with E-state index < -0.39 is 55.8 Å². The number of aliphatic hydroxyl groups is 4. The van der Waals surface area contributed by atoms with Gasteiger partial charge in [-0.25, -0.2) is 0 Å². The third-order valence-electron chi connectivity index (χ3n) is 4.00. The second-order valence-electron chi connectivity index (χ2n) is 5.75. The van der Waals surface area contributed by atoms with Crippen molar-refractivity contribution in [2.75, 3.05) is 6.61 Å². The van der Waals surface area contributed by atoms with Crippen molar-refractivity contribution in [1.82, 2.24) is 0 Å². The lowest BCUT2D eigenvalue weighted by Gasteiger charge is -2.29. The lowest BCUT2D eigenvalue weighted by molar-refractivity contribution is -0.208. The molecule has 1 aliphatic rings. The molecular formula is C14H26O8. The molecule has 0 amide bonds. The summed E-state index contributed by atoms with van der Waals surface area (Å²) in [6.45, 7) is 3.34. The molecule has 0 aromatic rings. The maximum Gasteiger partial charge on any atom is 0.305 e. The Balaban J connectivity index is 2.67. The van der Waals surface area contributed by atoms with Gasteiger partial charge in [0.15, 0.2) is 6.29 Å². The normalized spacial score (nSPS) is 32.6. The van der Waals surface area contributed by atoms with E-state index in [0.717, 1.165) is 6.42 Å². The molecule has 0 radical (unpaired) electrons. The van der Waals surface area contributed by atoms with E-state index in [1.54, 1.807) is 0 Å². The molecule has 1 fully saturated rings. The van der Waals surface area contributed by atoms with E-state index in [1.807, 2.05) is 13.8 Å². The van der Waals surface area contributed by atoms with Gasteiger partial charge >= 0.3 is 5.97 Å². The summed E-state index contributed by atoms with van der Waals surface area (Å²) in [5.74, 6) is -1.12. The van der Waals surface area contributed by atoms with Crippen LogP contribution in [-0.2, 0) is 14.3 Å². The number of hydrogen-bond donors (Lipinski definition) is 5. The first kappa shape index (κ1) is 19.3. The van der Waals surface area contributed by atoms with Gasteiger partial charge in [-0.3, -0.25) is 4.79 Å². The third kappa shape index (κ3) is 5.15. The first-order valence-electron chi connectivity index (χ1n) is 7.47. The Labute approximate surface area is 129 Å². The van der Waals surface area contributed by atoms with Gasteiger partial charge in [0.2, 0.25) is 0 Å². The molecule has 8 heteroatoms. The number of ether oxygens (including phenoxy) is 2. The third-order valence-corrected chi connectivity index (χ3v) is 4.00. The molecule has 0 unspecified atom stereocenters. The second-order valence-corrected chi connectivity index (χ2v) is 5.75. The molecule has 7 atom stereocenters. The standard InChI is InChI=1S/C14H26O8/c1-3-7(2)9(4-8(16)5-11(17)18)21-14-13(20)12(19)10(6-15)22-14/h7-10,12-16,19-20H,3-6H2,1-2H3,(H,17,18)/t7-,8-,9-,10-,12-,13+,14+/m0/s1. The number of carboxylic acids is 1. The molecule has 0 aromatic heterocycles. The van der Waals surface area contributed by atoms with E-state index >= 15 is 0 Å². The average Bonchev–Trinajstić information content (AvgIpc) is 2.72. The van der Waals surface area contributed by atoms with E-state index in [4.69, 9.17) is 19.7 Å². The Kier molecular flexibility index (Phi) is 7.67. The van der Waals surface area contributed by atoms with Gasteiger partial charge in [0.25, 0.3) is 0 Å². The molecule has 0 aromatic carbocycles. The van der Waals surface area contributed by atoms with Gasteiger partial charge < -0.3 is 35.0 Å². The summed E-state index contributed by atoms with van der Waals surface area (Å²) in [5, 5.41) is 47.1. The van der Waals surface area contributed by atoms with E-state index in [-0.39, 0.29) is 12.3 Å². The van der Waals surface area contributed by atoms with Crippen LogP contribution in [0.1, 0.15) is 33.1 Å². The van der Waals surface area contributed by atoms with Crippen LogP contribution in [0.15, 0.2) is 0 Å². The fourth-order valence-electron chi connectivity index (χ4n) is 2.39. The van der Waals surface area contributed by atoms with Crippen molar-refractivity contribution in [3.05, 3.63) is 0 Å². The largest absolute Gasteiger partial charge is 0.481 e. The van der Waals surface area contributed by atoms with Crippen LogP contribution < -0.4 is 0 Å². The van der Waals surface area contributed by atoms with Gasteiger partial charge in [0.05, 0.1) is 25.2 Å². The highest BCUT2D eigenvalue weighted by atomic mass is 16.7. The minimum atomic E-state index is -1.31. The Morgan fingerprint density at radius 1 is 1.32 bits per heavy atom. The van der Waals surface area contributed by atoms with E-state index in [1.165, 1.54) is 0 Å². The molecule has 1 heterocycles. The first-order valence-corrected chi connectivity index (χ1v) is 7.47. The maximum atomic E-state index is 10.6. The smallest absolute Gasteiger partial charge is 0.305 e. The van der Waals surface area contributed by atoms with Crippen LogP contribution in [0, 0.1) is 5.92 Å². The van der Waals surface area contributed by atoms with Crippen molar-refractivity contribution >= 4 is 5.97 Å². The number of carboxylic acid groups (broad SMARTS) is 1. The molecule has 8 nitrogen and oxygen atoms in total. The molecule has 0 bridgehead atoms. The molecule has 1 rings (SSSR count). The van der Waals surface area contributed by atoms with Crippen LogP contribution in [0.5, 0.6) is 0 Å². The van der Waals surface area contributed by atoms with Gasteiger partial charge in [-0.2, -0.15) is 0 Å². The SMILES string of the molecule is CC[C@H](C)[C@H](C[C@H](O)CC(=O)O)O[C@@H]1O[C@@H](CO)[C@H](O)[C@H]1O. The summed E-state index contributed by atoms with van der Waals surface area (Å²) in [5.41, 5.74) is 0. The fourth-order valence-corrected chi connectivity index (χ4v) is 2.39. The molecule has 5 N–H and O–H groups in total. The van der Waals surface area contributed by atoms with Crippen LogP contribution >= 0.6 is 0 Å². The minimum absolute atomic E-state index is 0.00966. The number of aliphatic hydroxyl groups excluding tert-OH is 4.